The number of nitrogens with two attached hydrogens (primary N) is 1. The quantitative estimate of drug-likeness (QED) is 0.485. The van der Waals surface area contributed by atoms with Crippen LogP contribution >= 0.6 is 11.8 Å². The lowest BCUT2D eigenvalue weighted by Crippen LogP contribution is -2.33. The summed E-state index contributed by atoms with van der Waals surface area (Å²) in [4.78, 5) is 25.8. The van der Waals surface area contributed by atoms with Crippen molar-refractivity contribution in [2.24, 2.45) is 7.05 Å². The Labute approximate surface area is 111 Å². The van der Waals surface area contributed by atoms with Crippen molar-refractivity contribution in [3.05, 3.63) is 50.3 Å². The number of rotatable bonds is 3. The van der Waals surface area contributed by atoms with Gasteiger partial charge in [-0.3, -0.25) is 19.4 Å². The number of halogens is 1. The average molecular weight is 282 g/mol. The van der Waals surface area contributed by atoms with Crippen LogP contribution in [0.15, 0.2) is 32.9 Å². The number of H-pyrrole nitrogens is 1. The van der Waals surface area contributed by atoms with E-state index in [1.54, 1.807) is 13.1 Å². The fourth-order valence-corrected chi connectivity index (χ4v) is 2.42. The van der Waals surface area contributed by atoms with Gasteiger partial charge in [-0.1, -0.05) is 17.8 Å². The molecule has 2 rings (SSSR count). The number of aryl methyl sites for hydroxylation is 1. The van der Waals surface area contributed by atoms with Crippen molar-refractivity contribution in [1.82, 2.24) is 14.8 Å². The number of nitrogens with zero attached hydrogens (tertiary/aromatic N) is 2. The van der Waals surface area contributed by atoms with Crippen LogP contribution in [0.3, 0.4) is 0 Å². The molecule has 8 heteroatoms. The summed E-state index contributed by atoms with van der Waals surface area (Å²) in [6, 6.07) is 4.43. The molecule has 0 radical (unpaired) electrons. The van der Waals surface area contributed by atoms with Gasteiger partial charge in [-0.15, -0.1) is 0 Å². The van der Waals surface area contributed by atoms with Gasteiger partial charge in [0.2, 0.25) is 0 Å². The van der Waals surface area contributed by atoms with E-state index in [4.69, 9.17) is 5.73 Å². The third kappa shape index (κ3) is 2.84. The molecule has 0 unspecified atom stereocenters. The lowest BCUT2D eigenvalue weighted by atomic mass is 10.2. The number of nitrogens with one attached hydrogen (secondary N) is 1. The van der Waals surface area contributed by atoms with E-state index in [9.17, 15) is 14.0 Å². The molecule has 0 atom stereocenters. The van der Waals surface area contributed by atoms with E-state index in [0.717, 1.165) is 11.8 Å². The Hall–Kier alpha value is -2.09. The molecule has 1 aromatic carbocycles. The number of nitrogen functional groups attached to an aromatic ring is 1. The summed E-state index contributed by atoms with van der Waals surface area (Å²) < 4.78 is 14.9. The van der Waals surface area contributed by atoms with Crippen LogP contribution in [0.1, 0.15) is 5.56 Å². The van der Waals surface area contributed by atoms with Crippen molar-refractivity contribution >= 4 is 17.4 Å². The molecule has 0 saturated heterocycles. The Morgan fingerprint density at radius 2 is 2.21 bits per heavy atom. The lowest BCUT2D eigenvalue weighted by Gasteiger charge is -2.08. The van der Waals surface area contributed by atoms with Gasteiger partial charge in [0.05, 0.1) is 0 Å². The molecule has 0 saturated carbocycles. The van der Waals surface area contributed by atoms with Crippen LogP contribution in [0.25, 0.3) is 0 Å². The van der Waals surface area contributed by atoms with Crippen molar-refractivity contribution in [2.75, 3.05) is 5.73 Å². The number of thioether (sulfide) groups is 1. The zero-order valence-corrected chi connectivity index (χ0v) is 10.8. The van der Waals surface area contributed by atoms with Crippen LogP contribution in [-0.2, 0) is 12.8 Å². The second-order valence-electron chi connectivity index (χ2n) is 3.80. The van der Waals surface area contributed by atoms with Crippen molar-refractivity contribution in [1.29, 1.82) is 0 Å². The van der Waals surface area contributed by atoms with Gasteiger partial charge in [0.25, 0.3) is 0 Å². The molecule has 3 N–H and O–H groups in total. The minimum Gasteiger partial charge on any atom is -0.398 e. The zero-order chi connectivity index (χ0) is 14.0. The first-order chi connectivity index (χ1) is 8.99. The molecule has 19 heavy (non-hydrogen) atoms. The van der Waals surface area contributed by atoms with Gasteiger partial charge in [-0.25, -0.2) is 4.39 Å². The molecule has 0 aliphatic rings. The average Bonchev–Trinajstić information content (AvgIpc) is 2.34. The summed E-state index contributed by atoms with van der Waals surface area (Å²) in [5, 5.41) is 2.60. The maximum absolute atomic E-state index is 13.6. The second kappa shape index (κ2) is 5.27. The number of anilines is 1. The van der Waals surface area contributed by atoms with Crippen LogP contribution < -0.4 is 16.9 Å². The summed E-state index contributed by atoms with van der Waals surface area (Å²) in [6.45, 7) is 0. The van der Waals surface area contributed by atoms with E-state index >= 15 is 0 Å². The predicted octanol–water partition coefficient (Wildman–Crippen LogP) is 0.482. The first kappa shape index (κ1) is 13.3. The van der Waals surface area contributed by atoms with E-state index in [1.807, 2.05) is 0 Å². The summed E-state index contributed by atoms with van der Waals surface area (Å²) in [5.74, 6) is -0.202. The molecular formula is C11H11FN4O2S. The number of aromatic nitrogens is 3. The minimum atomic E-state index is -0.873. The number of hydrogen-bond donors (Lipinski definition) is 2. The molecule has 1 heterocycles. The molecule has 100 valence electrons. The molecule has 0 amide bonds. The highest BCUT2D eigenvalue weighted by molar-refractivity contribution is 7.98. The summed E-state index contributed by atoms with van der Waals surface area (Å²) in [6.07, 6.45) is 0. The van der Waals surface area contributed by atoms with Gasteiger partial charge in [0.1, 0.15) is 5.82 Å². The van der Waals surface area contributed by atoms with E-state index < -0.39 is 16.9 Å². The highest BCUT2D eigenvalue weighted by Crippen LogP contribution is 2.24. The first-order valence-electron chi connectivity index (χ1n) is 5.32. The van der Waals surface area contributed by atoms with E-state index in [2.05, 4.69) is 10.1 Å². The summed E-state index contributed by atoms with van der Waals surface area (Å²) >= 11 is 1.11. The highest BCUT2D eigenvalue weighted by atomic mass is 32.2. The molecule has 0 aliphatic heterocycles. The third-order valence-electron chi connectivity index (χ3n) is 2.45. The fraction of sp³-hybridized carbons (Fsp3) is 0.182. The van der Waals surface area contributed by atoms with Gasteiger partial charge < -0.3 is 5.73 Å². The molecule has 0 fully saturated rings. The maximum atomic E-state index is 13.6. The second-order valence-corrected chi connectivity index (χ2v) is 4.74. The Kier molecular flexibility index (Phi) is 3.70. The normalized spacial score (nSPS) is 10.6. The Morgan fingerprint density at radius 1 is 1.47 bits per heavy atom. The molecule has 0 aliphatic carbocycles. The van der Waals surface area contributed by atoms with E-state index in [0.29, 0.717) is 11.3 Å². The molecular weight excluding hydrogens is 271 g/mol. The first-order valence-corrected chi connectivity index (χ1v) is 6.30. The standard InChI is InChI=1S/C11H11FN4O2S/c1-16-11(14-9(17)10(18)15-16)19-5-6-7(12)3-2-4-8(6)13/h2-4H,5,13H2,1H3,(H,15,18). The molecule has 0 bridgehead atoms. The van der Waals surface area contributed by atoms with Crippen LogP contribution in [0.5, 0.6) is 0 Å². The monoisotopic (exact) mass is 282 g/mol. The van der Waals surface area contributed by atoms with Crippen LogP contribution in [0.4, 0.5) is 10.1 Å². The van der Waals surface area contributed by atoms with Gasteiger partial charge in [-0.05, 0) is 12.1 Å². The zero-order valence-electron chi connectivity index (χ0n) is 10.0. The van der Waals surface area contributed by atoms with Crippen LogP contribution in [0.2, 0.25) is 0 Å². The minimum absolute atomic E-state index is 0.213. The maximum Gasteiger partial charge on any atom is 0.339 e. The Bertz CT molecular complexity index is 705. The predicted molar refractivity (Wildman–Crippen MR) is 70.5 cm³/mol. The topological polar surface area (TPSA) is 93.8 Å². The molecule has 2 aromatic rings. The fourth-order valence-electron chi connectivity index (χ4n) is 1.45. The van der Waals surface area contributed by atoms with Crippen LogP contribution in [0, 0.1) is 5.82 Å². The van der Waals surface area contributed by atoms with Crippen molar-refractivity contribution < 1.29 is 4.39 Å². The largest absolute Gasteiger partial charge is 0.398 e. The Balaban J connectivity index is 2.26. The van der Waals surface area contributed by atoms with Gasteiger partial charge >= 0.3 is 11.1 Å². The van der Waals surface area contributed by atoms with Crippen molar-refractivity contribution in [2.45, 2.75) is 10.9 Å². The summed E-state index contributed by atoms with van der Waals surface area (Å²) in [5.41, 5.74) is 4.69. The van der Waals surface area contributed by atoms with E-state index in [-0.39, 0.29) is 10.9 Å². The highest BCUT2D eigenvalue weighted by Gasteiger charge is 2.09. The van der Waals surface area contributed by atoms with Crippen molar-refractivity contribution in [3.63, 3.8) is 0 Å². The Morgan fingerprint density at radius 3 is 2.89 bits per heavy atom. The molecule has 0 spiro atoms. The molecule has 6 nitrogen and oxygen atoms in total. The number of aromatic amines is 1. The van der Waals surface area contributed by atoms with Crippen molar-refractivity contribution in [3.8, 4) is 0 Å². The van der Waals surface area contributed by atoms with Gasteiger partial charge in [-0.2, -0.15) is 4.98 Å². The van der Waals surface area contributed by atoms with Gasteiger partial charge in [0, 0.05) is 24.1 Å². The number of benzene rings is 1. The lowest BCUT2D eigenvalue weighted by molar-refractivity contribution is 0.595. The van der Waals surface area contributed by atoms with Gasteiger partial charge in [0.15, 0.2) is 5.16 Å². The summed E-state index contributed by atoms with van der Waals surface area (Å²) in [7, 11) is 1.54. The van der Waals surface area contributed by atoms with E-state index in [1.165, 1.54) is 16.8 Å². The smallest absolute Gasteiger partial charge is 0.339 e. The van der Waals surface area contributed by atoms with Crippen LogP contribution in [-0.4, -0.2) is 14.8 Å². The SMILES string of the molecule is Cn1[nH]c(=O)c(=O)nc1SCc1c(N)cccc1F. The number of hydrogen-bond acceptors (Lipinski definition) is 5. The third-order valence-corrected chi connectivity index (χ3v) is 3.50. The molecule has 1 aromatic heterocycles.